The van der Waals surface area contributed by atoms with Gasteiger partial charge in [-0.25, -0.2) is 4.39 Å². The van der Waals surface area contributed by atoms with Crippen molar-refractivity contribution in [2.45, 2.75) is 6.10 Å². The smallest absolute Gasteiger partial charge is 0.129 e. The maximum Gasteiger partial charge on any atom is 0.129 e. The van der Waals surface area contributed by atoms with E-state index in [2.05, 4.69) is 5.92 Å². The molecule has 2 nitrogen and oxygen atoms in total. The van der Waals surface area contributed by atoms with E-state index in [1.165, 1.54) is 6.07 Å². The minimum atomic E-state index is -0.843. The van der Waals surface area contributed by atoms with Crippen LogP contribution in [-0.4, -0.2) is 30.1 Å². The molecule has 1 rings (SSSR count). The quantitative estimate of drug-likeness (QED) is 0.755. The Labute approximate surface area is 89.3 Å². The van der Waals surface area contributed by atoms with Gasteiger partial charge in [0.15, 0.2) is 0 Å². The van der Waals surface area contributed by atoms with E-state index in [4.69, 9.17) is 6.42 Å². The molecule has 0 aromatic heterocycles. The topological polar surface area (TPSA) is 23.5 Å². The van der Waals surface area contributed by atoms with Crippen LogP contribution in [0.3, 0.4) is 0 Å². The molecule has 1 N–H and O–H groups in total. The van der Waals surface area contributed by atoms with Crippen molar-refractivity contribution in [2.24, 2.45) is 0 Å². The van der Waals surface area contributed by atoms with Crippen molar-refractivity contribution in [1.29, 1.82) is 0 Å². The highest BCUT2D eigenvalue weighted by molar-refractivity contribution is 5.20. The van der Waals surface area contributed by atoms with E-state index in [0.29, 0.717) is 18.7 Å². The van der Waals surface area contributed by atoms with Crippen molar-refractivity contribution in [3.63, 3.8) is 0 Å². The Morgan fingerprint density at radius 2 is 2.20 bits per heavy atom. The first kappa shape index (κ1) is 11.7. The van der Waals surface area contributed by atoms with Gasteiger partial charge in [-0.2, -0.15) is 0 Å². The van der Waals surface area contributed by atoms with Gasteiger partial charge in [0.25, 0.3) is 0 Å². The molecule has 0 bridgehead atoms. The van der Waals surface area contributed by atoms with E-state index < -0.39 is 6.10 Å². The first-order valence-electron chi connectivity index (χ1n) is 4.69. The molecular weight excluding hydrogens is 193 g/mol. The summed E-state index contributed by atoms with van der Waals surface area (Å²) in [5, 5.41) is 9.75. The predicted molar refractivity (Wildman–Crippen MR) is 57.7 cm³/mol. The van der Waals surface area contributed by atoms with Gasteiger partial charge in [0.1, 0.15) is 5.82 Å². The molecule has 0 heterocycles. The van der Waals surface area contributed by atoms with Crippen LogP contribution in [0.2, 0.25) is 0 Å². The predicted octanol–water partition coefficient (Wildman–Crippen LogP) is 1.42. The molecule has 0 aliphatic heterocycles. The van der Waals surface area contributed by atoms with Crippen LogP contribution in [0, 0.1) is 18.2 Å². The van der Waals surface area contributed by atoms with E-state index in [1.807, 2.05) is 0 Å². The number of nitrogens with zero attached hydrogens (tertiary/aromatic N) is 1. The third-order valence-electron chi connectivity index (χ3n) is 2.11. The van der Waals surface area contributed by atoms with Crippen molar-refractivity contribution >= 4 is 0 Å². The molecule has 1 aromatic carbocycles. The van der Waals surface area contributed by atoms with Crippen LogP contribution in [0.4, 0.5) is 4.39 Å². The molecule has 1 atom stereocenters. The number of hydrogen-bond donors (Lipinski definition) is 1. The normalized spacial score (nSPS) is 12.5. The Morgan fingerprint density at radius 3 is 2.80 bits per heavy atom. The zero-order valence-electron chi connectivity index (χ0n) is 8.65. The van der Waals surface area contributed by atoms with Crippen LogP contribution < -0.4 is 0 Å². The summed E-state index contributed by atoms with van der Waals surface area (Å²) >= 11 is 0. The minimum absolute atomic E-state index is 0.307. The van der Waals surface area contributed by atoms with Gasteiger partial charge in [0.2, 0.25) is 0 Å². The number of benzene rings is 1. The van der Waals surface area contributed by atoms with E-state index in [-0.39, 0.29) is 5.82 Å². The third kappa shape index (κ3) is 3.35. The second-order valence-electron chi connectivity index (χ2n) is 3.44. The molecule has 0 radical (unpaired) electrons. The second-order valence-corrected chi connectivity index (χ2v) is 3.44. The molecule has 0 fully saturated rings. The molecule has 80 valence electrons. The lowest BCUT2D eigenvalue weighted by molar-refractivity contribution is 0.129. The molecule has 1 aromatic rings. The molecule has 0 spiro atoms. The largest absolute Gasteiger partial charge is 0.387 e. The third-order valence-corrected chi connectivity index (χ3v) is 2.11. The van der Waals surface area contributed by atoms with Gasteiger partial charge >= 0.3 is 0 Å². The van der Waals surface area contributed by atoms with E-state index in [9.17, 15) is 9.50 Å². The lowest BCUT2D eigenvalue weighted by atomic mass is 10.1. The van der Waals surface area contributed by atoms with Crippen LogP contribution in [0.1, 0.15) is 11.7 Å². The van der Waals surface area contributed by atoms with Crippen LogP contribution in [0.15, 0.2) is 24.3 Å². The Morgan fingerprint density at radius 1 is 1.53 bits per heavy atom. The average Bonchev–Trinajstić information content (AvgIpc) is 2.18. The lowest BCUT2D eigenvalue weighted by Crippen LogP contribution is -2.25. The standard InChI is InChI=1S/C12H14FNO/c1-3-8-14(2)9-12(15)10-6-4-5-7-11(10)13/h1,4-7,12,15H,8-9H2,2H3/t12-/m1/s1. The molecule has 0 aliphatic carbocycles. The van der Waals surface area contributed by atoms with Crippen molar-refractivity contribution in [1.82, 2.24) is 4.90 Å². The summed E-state index contributed by atoms with van der Waals surface area (Å²) in [5.41, 5.74) is 0.307. The number of halogens is 1. The molecule has 0 saturated carbocycles. The molecule has 3 heteroatoms. The average molecular weight is 207 g/mol. The number of likely N-dealkylation sites (N-methyl/N-ethyl adjacent to an activating group) is 1. The highest BCUT2D eigenvalue weighted by Crippen LogP contribution is 2.16. The fourth-order valence-corrected chi connectivity index (χ4v) is 1.36. The summed E-state index contributed by atoms with van der Waals surface area (Å²) in [7, 11) is 1.78. The van der Waals surface area contributed by atoms with Crippen LogP contribution in [0.5, 0.6) is 0 Å². The highest BCUT2D eigenvalue weighted by Gasteiger charge is 2.13. The Hall–Kier alpha value is -1.37. The van der Waals surface area contributed by atoms with Gasteiger partial charge in [-0.1, -0.05) is 24.1 Å². The lowest BCUT2D eigenvalue weighted by Gasteiger charge is -2.18. The van der Waals surface area contributed by atoms with E-state index in [1.54, 1.807) is 30.1 Å². The molecule has 0 amide bonds. The maximum atomic E-state index is 13.3. The summed E-state index contributed by atoms with van der Waals surface area (Å²) < 4.78 is 13.3. The summed E-state index contributed by atoms with van der Waals surface area (Å²) in [6.45, 7) is 0.761. The number of aliphatic hydroxyl groups is 1. The molecular formula is C12H14FNO. The number of rotatable bonds is 4. The maximum absolute atomic E-state index is 13.3. The van der Waals surface area contributed by atoms with Gasteiger partial charge < -0.3 is 5.11 Å². The van der Waals surface area contributed by atoms with Gasteiger partial charge in [-0.3, -0.25) is 4.90 Å². The van der Waals surface area contributed by atoms with Gasteiger partial charge in [0, 0.05) is 12.1 Å². The first-order chi connectivity index (χ1) is 7.15. The summed E-state index contributed by atoms with van der Waals surface area (Å²) in [6.07, 6.45) is 4.28. The number of aliphatic hydroxyl groups excluding tert-OH is 1. The molecule has 0 unspecified atom stereocenters. The van der Waals surface area contributed by atoms with Crippen molar-refractivity contribution < 1.29 is 9.50 Å². The van der Waals surface area contributed by atoms with Crippen molar-refractivity contribution in [3.8, 4) is 12.3 Å². The number of terminal acetylenes is 1. The summed E-state index contributed by atoms with van der Waals surface area (Å²) in [5.74, 6) is 2.07. The van der Waals surface area contributed by atoms with E-state index in [0.717, 1.165) is 0 Å². The molecule has 15 heavy (non-hydrogen) atoms. The SMILES string of the molecule is C#CCN(C)C[C@@H](O)c1ccccc1F. The highest BCUT2D eigenvalue weighted by atomic mass is 19.1. The summed E-state index contributed by atoms with van der Waals surface area (Å²) in [4.78, 5) is 1.76. The van der Waals surface area contributed by atoms with Gasteiger partial charge in [-0.05, 0) is 13.1 Å². The monoisotopic (exact) mass is 207 g/mol. The Kier molecular flexibility index (Phi) is 4.29. The van der Waals surface area contributed by atoms with Crippen molar-refractivity contribution in [2.75, 3.05) is 20.1 Å². The fraction of sp³-hybridized carbons (Fsp3) is 0.333. The Bertz CT molecular complexity index is 359. The minimum Gasteiger partial charge on any atom is -0.387 e. The van der Waals surface area contributed by atoms with Crippen molar-refractivity contribution in [3.05, 3.63) is 35.6 Å². The zero-order chi connectivity index (χ0) is 11.3. The van der Waals surface area contributed by atoms with Gasteiger partial charge in [0.05, 0.1) is 12.6 Å². The summed E-state index contributed by atoms with van der Waals surface area (Å²) in [6, 6.07) is 6.20. The molecule has 0 saturated heterocycles. The van der Waals surface area contributed by atoms with Gasteiger partial charge in [-0.15, -0.1) is 6.42 Å². The molecule has 0 aliphatic rings. The van der Waals surface area contributed by atoms with Crippen LogP contribution in [0.25, 0.3) is 0 Å². The van der Waals surface area contributed by atoms with Crippen LogP contribution >= 0.6 is 0 Å². The fourth-order valence-electron chi connectivity index (χ4n) is 1.36. The second kappa shape index (κ2) is 5.50. The van der Waals surface area contributed by atoms with Crippen LogP contribution in [-0.2, 0) is 0 Å². The zero-order valence-corrected chi connectivity index (χ0v) is 8.65. The number of hydrogen-bond acceptors (Lipinski definition) is 2. The Balaban J connectivity index is 2.66. The first-order valence-corrected chi connectivity index (χ1v) is 4.69. The van der Waals surface area contributed by atoms with E-state index >= 15 is 0 Å².